The molecule has 0 unspecified atom stereocenters. The molecule has 0 amide bonds. The molecular weight excluding hydrogens is 347 g/mol. The Hall–Kier alpha value is -1.80. The maximum atomic E-state index is 14.5. The second kappa shape index (κ2) is 5.88. The number of ether oxygens (including phenoxy) is 1. The standard InChI is InChI=1S/C17H21FN2O4S/c1-11(21)7-12-3-4-14(18)13(8-12)16(2)10-25(22,23)17(15(19)20-16)5-6-24-9-17/h3-4,8H,5-7,9-10H2,1-2H3,(H2,19,20)/t16-,17-/m0/s1. The maximum absolute atomic E-state index is 14.5. The summed E-state index contributed by atoms with van der Waals surface area (Å²) < 4.78 is 44.3. The summed E-state index contributed by atoms with van der Waals surface area (Å²) in [6, 6.07) is 4.26. The number of nitrogens with zero attached hydrogens (tertiary/aromatic N) is 1. The van der Waals surface area contributed by atoms with Crippen molar-refractivity contribution in [1.82, 2.24) is 0 Å². The summed E-state index contributed by atoms with van der Waals surface area (Å²) in [7, 11) is -3.69. The summed E-state index contributed by atoms with van der Waals surface area (Å²) in [4.78, 5) is 15.7. The highest BCUT2D eigenvalue weighted by molar-refractivity contribution is 7.93. The molecule has 0 bridgehead atoms. The van der Waals surface area contributed by atoms with Gasteiger partial charge in [-0.3, -0.25) is 9.79 Å². The number of amidine groups is 1. The fourth-order valence-corrected chi connectivity index (χ4v) is 5.84. The molecule has 25 heavy (non-hydrogen) atoms. The normalized spacial score (nSPS) is 31.1. The molecule has 3 rings (SSSR count). The minimum Gasteiger partial charge on any atom is -0.386 e. The Labute approximate surface area is 146 Å². The number of carbonyl (C=O) groups excluding carboxylic acids is 1. The average molecular weight is 368 g/mol. The van der Waals surface area contributed by atoms with Crippen LogP contribution >= 0.6 is 0 Å². The molecular formula is C17H21FN2O4S. The molecule has 0 aromatic heterocycles. The van der Waals surface area contributed by atoms with E-state index in [0.29, 0.717) is 12.2 Å². The molecule has 2 N–H and O–H groups in total. The number of sulfone groups is 1. The van der Waals surface area contributed by atoms with Crippen molar-refractivity contribution in [3.05, 3.63) is 35.1 Å². The summed E-state index contributed by atoms with van der Waals surface area (Å²) >= 11 is 0. The lowest BCUT2D eigenvalue weighted by atomic mass is 9.90. The highest BCUT2D eigenvalue weighted by Crippen LogP contribution is 2.41. The van der Waals surface area contributed by atoms with Gasteiger partial charge in [0.2, 0.25) is 0 Å². The van der Waals surface area contributed by atoms with E-state index < -0.39 is 25.9 Å². The first kappa shape index (κ1) is 18.0. The molecule has 2 aliphatic heterocycles. The van der Waals surface area contributed by atoms with E-state index in [9.17, 15) is 17.6 Å². The van der Waals surface area contributed by atoms with Crippen molar-refractivity contribution >= 4 is 21.5 Å². The zero-order valence-corrected chi connectivity index (χ0v) is 15.0. The van der Waals surface area contributed by atoms with E-state index >= 15 is 0 Å². The van der Waals surface area contributed by atoms with E-state index in [-0.39, 0.29) is 42.4 Å². The topological polar surface area (TPSA) is 98.8 Å². The molecule has 0 saturated carbocycles. The molecule has 1 saturated heterocycles. The molecule has 2 heterocycles. The Balaban J connectivity index is 2.12. The van der Waals surface area contributed by atoms with Gasteiger partial charge in [0.25, 0.3) is 0 Å². The van der Waals surface area contributed by atoms with E-state index in [1.807, 2.05) is 0 Å². The fourth-order valence-electron chi connectivity index (χ4n) is 3.58. The van der Waals surface area contributed by atoms with Gasteiger partial charge in [-0.25, -0.2) is 12.8 Å². The van der Waals surface area contributed by atoms with Gasteiger partial charge < -0.3 is 10.5 Å². The van der Waals surface area contributed by atoms with E-state index in [4.69, 9.17) is 10.5 Å². The van der Waals surface area contributed by atoms with Crippen molar-refractivity contribution in [2.75, 3.05) is 19.0 Å². The number of hydrogen-bond acceptors (Lipinski definition) is 6. The smallest absolute Gasteiger partial charge is 0.168 e. The van der Waals surface area contributed by atoms with Gasteiger partial charge in [0.1, 0.15) is 23.0 Å². The second-order valence-corrected chi connectivity index (χ2v) is 9.32. The number of benzene rings is 1. The van der Waals surface area contributed by atoms with Gasteiger partial charge >= 0.3 is 0 Å². The maximum Gasteiger partial charge on any atom is 0.168 e. The van der Waals surface area contributed by atoms with Gasteiger partial charge in [0, 0.05) is 18.6 Å². The van der Waals surface area contributed by atoms with Crippen LogP contribution in [0.4, 0.5) is 4.39 Å². The van der Waals surface area contributed by atoms with Gasteiger partial charge in [-0.05, 0) is 38.0 Å². The number of Topliss-reactive ketones (excluding diaryl/α,β-unsaturated/α-hetero) is 1. The number of ketones is 1. The molecule has 2 aliphatic rings. The highest BCUT2D eigenvalue weighted by atomic mass is 32.2. The van der Waals surface area contributed by atoms with Crippen LogP contribution in [-0.2, 0) is 31.3 Å². The third-order valence-corrected chi connectivity index (χ3v) is 7.61. The lowest BCUT2D eigenvalue weighted by Gasteiger charge is -2.39. The zero-order chi connectivity index (χ0) is 18.5. The molecule has 136 valence electrons. The first-order valence-corrected chi connectivity index (χ1v) is 9.69. The Morgan fingerprint density at radius 2 is 2.16 bits per heavy atom. The van der Waals surface area contributed by atoms with Gasteiger partial charge in [-0.1, -0.05) is 6.07 Å². The van der Waals surface area contributed by atoms with Crippen molar-refractivity contribution in [2.45, 2.75) is 37.0 Å². The molecule has 1 fully saturated rings. The minimum absolute atomic E-state index is 0.0202. The molecule has 0 radical (unpaired) electrons. The second-order valence-electron chi connectivity index (χ2n) is 7.02. The summed E-state index contributed by atoms with van der Waals surface area (Å²) in [6.07, 6.45) is 0.403. The molecule has 0 aliphatic carbocycles. The Morgan fingerprint density at radius 3 is 2.72 bits per heavy atom. The van der Waals surface area contributed by atoms with Crippen LogP contribution in [0.2, 0.25) is 0 Å². The van der Waals surface area contributed by atoms with E-state index in [0.717, 1.165) is 0 Å². The van der Waals surface area contributed by atoms with Crippen LogP contribution in [0.5, 0.6) is 0 Å². The fraction of sp³-hybridized carbons (Fsp3) is 0.529. The van der Waals surface area contributed by atoms with Crippen LogP contribution in [0, 0.1) is 5.82 Å². The Bertz CT molecular complexity index is 859. The quantitative estimate of drug-likeness (QED) is 0.862. The molecule has 1 aromatic carbocycles. The van der Waals surface area contributed by atoms with E-state index in [2.05, 4.69) is 4.99 Å². The highest BCUT2D eigenvalue weighted by Gasteiger charge is 2.57. The van der Waals surface area contributed by atoms with Crippen LogP contribution in [0.3, 0.4) is 0 Å². The van der Waals surface area contributed by atoms with E-state index in [1.54, 1.807) is 6.92 Å². The number of rotatable bonds is 3. The predicted octanol–water partition coefficient (Wildman–Crippen LogP) is 1.12. The van der Waals surface area contributed by atoms with Crippen LogP contribution in [0.1, 0.15) is 31.4 Å². The van der Waals surface area contributed by atoms with Crippen LogP contribution in [-0.4, -0.2) is 43.8 Å². The van der Waals surface area contributed by atoms with Crippen LogP contribution in [0.25, 0.3) is 0 Å². The van der Waals surface area contributed by atoms with Crippen molar-refractivity contribution in [1.29, 1.82) is 0 Å². The lowest BCUT2D eigenvalue weighted by molar-refractivity contribution is -0.116. The van der Waals surface area contributed by atoms with Crippen LogP contribution in [0.15, 0.2) is 23.2 Å². The third kappa shape index (κ3) is 2.87. The average Bonchev–Trinajstić information content (AvgIpc) is 2.98. The van der Waals surface area contributed by atoms with Gasteiger partial charge in [-0.15, -0.1) is 0 Å². The zero-order valence-electron chi connectivity index (χ0n) is 14.2. The number of carbonyl (C=O) groups is 1. The summed E-state index contributed by atoms with van der Waals surface area (Å²) in [5.74, 6) is -1.02. The van der Waals surface area contributed by atoms with Gasteiger partial charge in [0.05, 0.1) is 12.4 Å². The van der Waals surface area contributed by atoms with Gasteiger partial charge in [0.15, 0.2) is 14.6 Å². The number of nitrogens with two attached hydrogens (primary N) is 1. The summed E-state index contributed by atoms with van der Waals surface area (Å²) in [5.41, 5.74) is 5.45. The number of hydrogen-bond donors (Lipinski definition) is 1. The monoisotopic (exact) mass is 368 g/mol. The minimum atomic E-state index is -3.69. The molecule has 2 atom stereocenters. The largest absolute Gasteiger partial charge is 0.386 e. The third-order valence-electron chi connectivity index (χ3n) is 4.95. The lowest BCUT2D eigenvalue weighted by Crippen LogP contribution is -2.58. The first-order chi connectivity index (χ1) is 11.6. The molecule has 8 heteroatoms. The number of halogens is 1. The SMILES string of the molecule is CC(=O)Cc1ccc(F)c([C@]2(C)CS(=O)(=O)[C@]3(CCOC3)C(N)=N2)c1. The number of aliphatic imine (C=N–C) groups is 1. The predicted molar refractivity (Wildman–Crippen MR) is 91.7 cm³/mol. The van der Waals surface area contributed by atoms with Crippen molar-refractivity contribution in [3.8, 4) is 0 Å². The van der Waals surface area contributed by atoms with Gasteiger partial charge in [-0.2, -0.15) is 0 Å². The van der Waals surface area contributed by atoms with E-state index in [1.165, 1.54) is 25.1 Å². The van der Waals surface area contributed by atoms with Crippen molar-refractivity contribution in [2.24, 2.45) is 10.7 Å². The Morgan fingerprint density at radius 1 is 1.44 bits per heavy atom. The molecule has 1 aromatic rings. The molecule has 6 nitrogen and oxygen atoms in total. The molecule has 1 spiro atoms. The summed E-state index contributed by atoms with van der Waals surface area (Å²) in [6.45, 7) is 3.27. The van der Waals surface area contributed by atoms with Crippen LogP contribution < -0.4 is 5.73 Å². The summed E-state index contributed by atoms with van der Waals surface area (Å²) in [5, 5.41) is 0. The van der Waals surface area contributed by atoms with Crippen molar-refractivity contribution in [3.63, 3.8) is 0 Å². The Kier molecular flexibility index (Phi) is 4.23. The van der Waals surface area contributed by atoms with Crippen molar-refractivity contribution < 1.29 is 22.3 Å². The first-order valence-electron chi connectivity index (χ1n) is 8.04.